The van der Waals surface area contributed by atoms with Gasteiger partial charge in [0.25, 0.3) is 0 Å². The van der Waals surface area contributed by atoms with Crippen LogP contribution in [0.15, 0.2) is 0 Å². The van der Waals surface area contributed by atoms with Crippen LogP contribution in [0.2, 0.25) is 0 Å². The highest BCUT2D eigenvalue weighted by molar-refractivity contribution is 4.48. The van der Waals surface area contributed by atoms with Crippen LogP contribution in [0, 0.1) is 0 Å². The summed E-state index contributed by atoms with van der Waals surface area (Å²) < 4.78 is 0. The van der Waals surface area contributed by atoms with Crippen molar-refractivity contribution in [1.29, 1.82) is 0 Å². The van der Waals surface area contributed by atoms with E-state index in [1.54, 1.807) is 13.8 Å². The molecule has 0 heterocycles. The second-order valence-electron chi connectivity index (χ2n) is 5.31. The lowest BCUT2D eigenvalue weighted by atomic mass is 10.1. The molecule has 0 amide bonds. The van der Waals surface area contributed by atoms with Crippen molar-refractivity contribution in [2.75, 3.05) is 19.8 Å². The summed E-state index contributed by atoms with van der Waals surface area (Å²) in [6.07, 6.45) is 16.9. The Kier molecular flexibility index (Phi) is 39.3. The molecule has 0 aromatic heterocycles. The molecule has 0 rings (SSSR count). The van der Waals surface area contributed by atoms with Crippen molar-refractivity contribution in [2.45, 2.75) is 97.8 Å². The van der Waals surface area contributed by atoms with E-state index in [1.165, 1.54) is 77.0 Å². The van der Waals surface area contributed by atoms with Crippen molar-refractivity contribution in [3.8, 4) is 0 Å². The van der Waals surface area contributed by atoms with Gasteiger partial charge in [-0.2, -0.15) is 0 Å². The molecule has 0 fully saturated rings. The minimum absolute atomic E-state index is 0.250. The molecule has 0 saturated carbocycles. The smallest absolute Gasteiger partial charge is 0.0402 e. The van der Waals surface area contributed by atoms with E-state index in [1.807, 2.05) is 0 Å². The third kappa shape index (κ3) is 45.0. The van der Waals surface area contributed by atoms with Gasteiger partial charge >= 0.3 is 0 Å². The molecule has 132 valence electrons. The number of unbranched alkanes of at least 4 members (excludes halogenated alkanes) is 11. The Morgan fingerprint density at radius 3 is 1.00 bits per heavy atom. The van der Waals surface area contributed by atoms with Gasteiger partial charge in [0.15, 0.2) is 0 Å². The van der Waals surface area contributed by atoms with Crippen LogP contribution in [-0.2, 0) is 0 Å². The van der Waals surface area contributed by atoms with E-state index in [4.69, 9.17) is 15.9 Å². The summed E-state index contributed by atoms with van der Waals surface area (Å²) in [5, 5.41) is 15.1. The van der Waals surface area contributed by atoms with Gasteiger partial charge in [-0.05, 0) is 26.8 Å². The van der Waals surface area contributed by atoms with E-state index in [-0.39, 0.29) is 13.2 Å². The first-order valence-electron chi connectivity index (χ1n) is 9.16. The average Bonchev–Trinajstić information content (AvgIpc) is 2.46. The zero-order valence-electron chi connectivity index (χ0n) is 15.1. The van der Waals surface area contributed by atoms with Gasteiger partial charge in [0.2, 0.25) is 0 Å². The highest BCUT2D eigenvalue weighted by Gasteiger charge is 1.92. The van der Waals surface area contributed by atoms with Crippen molar-refractivity contribution in [2.24, 2.45) is 5.73 Å². The van der Waals surface area contributed by atoms with E-state index in [2.05, 4.69) is 6.92 Å². The topological polar surface area (TPSA) is 66.5 Å². The third-order valence-corrected chi connectivity index (χ3v) is 3.06. The zero-order chi connectivity index (χ0) is 16.6. The Balaban J connectivity index is -0.000000460. The van der Waals surface area contributed by atoms with Gasteiger partial charge in [-0.15, -0.1) is 0 Å². The monoisotopic (exact) mass is 305 g/mol. The number of hydrogen-bond acceptors (Lipinski definition) is 3. The van der Waals surface area contributed by atoms with Crippen molar-refractivity contribution >= 4 is 0 Å². The van der Waals surface area contributed by atoms with Crippen LogP contribution in [0.1, 0.15) is 97.8 Å². The van der Waals surface area contributed by atoms with E-state index in [0.717, 1.165) is 6.54 Å². The van der Waals surface area contributed by atoms with Crippen LogP contribution in [-0.4, -0.2) is 30.0 Å². The summed E-state index contributed by atoms with van der Waals surface area (Å²) in [6, 6.07) is 0. The summed E-state index contributed by atoms with van der Waals surface area (Å²) in [5.74, 6) is 0. The Hall–Kier alpha value is -0.120. The summed E-state index contributed by atoms with van der Waals surface area (Å²) in [4.78, 5) is 0. The molecule has 0 atom stereocenters. The number of aliphatic hydroxyl groups excluding tert-OH is 2. The van der Waals surface area contributed by atoms with Gasteiger partial charge in [0.1, 0.15) is 0 Å². The summed E-state index contributed by atoms with van der Waals surface area (Å²) in [5.41, 5.74) is 5.45. The van der Waals surface area contributed by atoms with Gasteiger partial charge in [-0.1, -0.05) is 77.6 Å². The van der Waals surface area contributed by atoms with E-state index < -0.39 is 0 Å². The first-order chi connectivity index (χ1) is 10.2. The maximum Gasteiger partial charge on any atom is 0.0402 e. The van der Waals surface area contributed by atoms with Gasteiger partial charge in [-0.3, -0.25) is 0 Å². The van der Waals surface area contributed by atoms with Crippen LogP contribution < -0.4 is 5.73 Å². The summed E-state index contributed by atoms with van der Waals surface area (Å²) in [7, 11) is 0. The standard InChI is InChI=1S/C14H31N.2C2H6O/c1-2-3-4-5-6-7-8-9-10-11-12-13-14-15;2*1-2-3/h2-15H2,1H3;2*3H,2H2,1H3. The fraction of sp³-hybridized carbons (Fsp3) is 1.00. The molecule has 3 nitrogen and oxygen atoms in total. The number of rotatable bonds is 12. The largest absolute Gasteiger partial charge is 0.397 e. The maximum atomic E-state index is 7.57. The van der Waals surface area contributed by atoms with E-state index in [9.17, 15) is 0 Å². The maximum absolute atomic E-state index is 7.57. The first-order valence-corrected chi connectivity index (χ1v) is 9.16. The molecule has 0 aromatic carbocycles. The normalized spacial score (nSPS) is 9.43. The van der Waals surface area contributed by atoms with E-state index >= 15 is 0 Å². The Bertz CT molecular complexity index is 118. The predicted molar refractivity (Wildman–Crippen MR) is 95.7 cm³/mol. The molecule has 0 spiro atoms. The van der Waals surface area contributed by atoms with Crippen LogP contribution in [0.5, 0.6) is 0 Å². The second-order valence-corrected chi connectivity index (χ2v) is 5.31. The van der Waals surface area contributed by atoms with Crippen molar-refractivity contribution in [3.05, 3.63) is 0 Å². The highest BCUT2D eigenvalue weighted by Crippen LogP contribution is 2.11. The molecule has 0 bridgehead atoms. The number of aliphatic hydroxyl groups is 2. The molecule has 0 aliphatic carbocycles. The average molecular weight is 306 g/mol. The quantitative estimate of drug-likeness (QED) is 0.460. The summed E-state index contributed by atoms with van der Waals surface area (Å²) >= 11 is 0. The van der Waals surface area contributed by atoms with Crippen molar-refractivity contribution in [3.63, 3.8) is 0 Å². The van der Waals surface area contributed by atoms with Crippen LogP contribution >= 0.6 is 0 Å². The van der Waals surface area contributed by atoms with Gasteiger partial charge in [0.05, 0.1) is 0 Å². The minimum atomic E-state index is 0.250. The molecular weight excluding hydrogens is 262 g/mol. The lowest BCUT2D eigenvalue weighted by Crippen LogP contribution is -1.97. The highest BCUT2D eigenvalue weighted by atomic mass is 16.3. The molecule has 4 N–H and O–H groups in total. The first kappa shape index (κ1) is 25.8. The third-order valence-electron chi connectivity index (χ3n) is 3.06. The molecule has 0 unspecified atom stereocenters. The van der Waals surface area contributed by atoms with Gasteiger partial charge < -0.3 is 15.9 Å². The molecular formula is C18H43NO2. The lowest BCUT2D eigenvalue weighted by Gasteiger charge is -2.01. The molecule has 0 aliphatic heterocycles. The van der Waals surface area contributed by atoms with Gasteiger partial charge in [-0.25, -0.2) is 0 Å². The molecule has 0 aliphatic rings. The predicted octanol–water partition coefficient (Wildman–Crippen LogP) is 4.64. The van der Waals surface area contributed by atoms with Crippen LogP contribution in [0.4, 0.5) is 0 Å². The molecule has 0 aromatic rings. The van der Waals surface area contributed by atoms with Gasteiger partial charge in [0, 0.05) is 13.2 Å². The lowest BCUT2D eigenvalue weighted by molar-refractivity contribution is 0.318. The Morgan fingerprint density at radius 1 is 0.524 bits per heavy atom. The molecule has 21 heavy (non-hydrogen) atoms. The second kappa shape index (κ2) is 32.0. The Labute approximate surface area is 134 Å². The number of hydrogen-bond donors (Lipinski definition) is 3. The van der Waals surface area contributed by atoms with Crippen LogP contribution in [0.25, 0.3) is 0 Å². The van der Waals surface area contributed by atoms with Crippen molar-refractivity contribution in [1.82, 2.24) is 0 Å². The fourth-order valence-corrected chi connectivity index (χ4v) is 1.99. The van der Waals surface area contributed by atoms with Crippen LogP contribution in [0.3, 0.4) is 0 Å². The molecule has 0 saturated heterocycles. The fourth-order valence-electron chi connectivity index (χ4n) is 1.99. The van der Waals surface area contributed by atoms with Crippen molar-refractivity contribution < 1.29 is 10.2 Å². The minimum Gasteiger partial charge on any atom is -0.397 e. The Morgan fingerprint density at radius 2 is 0.762 bits per heavy atom. The zero-order valence-corrected chi connectivity index (χ0v) is 15.1. The summed E-state index contributed by atoms with van der Waals surface area (Å²) in [6.45, 7) is 7.01. The number of nitrogens with two attached hydrogens (primary N) is 1. The molecule has 3 heteroatoms. The SMILES string of the molecule is CCCCCCCCCCCCCCN.CCO.CCO. The van der Waals surface area contributed by atoms with E-state index in [0.29, 0.717) is 0 Å². The molecule has 0 radical (unpaired) electrons.